The number of carbonyl (C=O) groups is 1. The number of ether oxygens (including phenoxy) is 1. The SMILES string of the molecule is COC[C@@]1(O)CC[C@@H]2C3CC[C@@]4(C)C(CC[C@@H]4C(=O)CSS(=O)(=O)O)C3CC[C@@H]2C1. The maximum atomic E-state index is 12.8. The first-order chi connectivity index (χ1) is 14.1. The van der Waals surface area contributed by atoms with Gasteiger partial charge in [0.1, 0.15) is 5.78 Å². The molecule has 0 aromatic heterocycles. The molecule has 0 saturated heterocycles. The number of rotatable bonds is 6. The van der Waals surface area contributed by atoms with Gasteiger partial charge in [-0.15, -0.1) is 0 Å². The zero-order chi connectivity index (χ0) is 21.7. The Morgan fingerprint density at radius 1 is 1.07 bits per heavy atom. The molecule has 8 atom stereocenters. The van der Waals surface area contributed by atoms with Gasteiger partial charge in [0.05, 0.1) is 18.0 Å². The molecular formula is C22H36O6S2. The lowest BCUT2D eigenvalue weighted by atomic mass is 9.49. The topological polar surface area (TPSA) is 101 Å². The van der Waals surface area contributed by atoms with Crippen LogP contribution in [0, 0.1) is 40.9 Å². The number of hydrogen-bond acceptors (Lipinski definition) is 6. The van der Waals surface area contributed by atoms with Crippen LogP contribution < -0.4 is 0 Å². The van der Waals surface area contributed by atoms with Crippen LogP contribution in [0.1, 0.15) is 64.7 Å². The van der Waals surface area contributed by atoms with Crippen LogP contribution in [0.5, 0.6) is 0 Å². The highest BCUT2D eigenvalue weighted by molar-refractivity contribution is 8.70. The number of hydrogen-bond donors (Lipinski definition) is 2. The van der Waals surface area contributed by atoms with E-state index < -0.39 is 14.8 Å². The van der Waals surface area contributed by atoms with Crippen LogP contribution in [0.15, 0.2) is 0 Å². The predicted molar refractivity (Wildman–Crippen MR) is 116 cm³/mol. The molecule has 0 bridgehead atoms. The van der Waals surface area contributed by atoms with Crippen LogP contribution in [0.3, 0.4) is 0 Å². The maximum Gasteiger partial charge on any atom is 0.320 e. The summed E-state index contributed by atoms with van der Waals surface area (Å²) in [5.41, 5.74) is -0.710. The monoisotopic (exact) mass is 460 g/mol. The van der Waals surface area contributed by atoms with Gasteiger partial charge in [0.2, 0.25) is 0 Å². The highest BCUT2D eigenvalue weighted by Gasteiger charge is 2.59. The molecular weight excluding hydrogens is 424 g/mol. The fourth-order valence-electron chi connectivity index (χ4n) is 8.12. The smallest absolute Gasteiger partial charge is 0.320 e. The van der Waals surface area contributed by atoms with E-state index >= 15 is 0 Å². The van der Waals surface area contributed by atoms with E-state index in [1.807, 2.05) is 0 Å². The second-order valence-electron chi connectivity index (χ2n) is 10.7. The average Bonchev–Trinajstić information content (AvgIpc) is 3.02. The molecule has 4 saturated carbocycles. The minimum Gasteiger partial charge on any atom is -0.387 e. The van der Waals surface area contributed by atoms with Gasteiger partial charge in [0, 0.05) is 23.8 Å². The molecule has 3 unspecified atom stereocenters. The Balaban J connectivity index is 1.45. The van der Waals surface area contributed by atoms with E-state index in [0.29, 0.717) is 47.0 Å². The number of ketones is 1. The highest BCUT2D eigenvalue weighted by Crippen LogP contribution is 2.64. The third kappa shape index (κ3) is 4.24. The summed E-state index contributed by atoms with van der Waals surface area (Å²) in [6.07, 6.45) is 9.13. The predicted octanol–water partition coefficient (Wildman–Crippen LogP) is 3.74. The zero-order valence-corrected chi connectivity index (χ0v) is 19.7. The van der Waals surface area contributed by atoms with Crippen molar-refractivity contribution < 1.29 is 27.6 Å². The molecule has 30 heavy (non-hydrogen) atoms. The fourth-order valence-corrected chi connectivity index (χ4v) is 9.39. The maximum absolute atomic E-state index is 12.8. The van der Waals surface area contributed by atoms with E-state index in [4.69, 9.17) is 9.29 Å². The minimum absolute atomic E-state index is 0.0166. The summed E-state index contributed by atoms with van der Waals surface area (Å²) in [5.74, 6) is 2.86. The van der Waals surface area contributed by atoms with E-state index in [2.05, 4.69) is 6.92 Å². The molecule has 6 nitrogen and oxygen atoms in total. The summed E-state index contributed by atoms with van der Waals surface area (Å²) in [6.45, 7) is 2.68. The Hall–Kier alpha value is -0.150. The van der Waals surface area contributed by atoms with E-state index in [1.165, 1.54) is 6.42 Å². The molecule has 2 N–H and O–H groups in total. The molecule has 4 fully saturated rings. The Labute approximate surface area is 184 Å². The van der Waals surface area contributed by atoms with Gasteiger partial charge >= 0.3 is 9.15 Å². The third-order valence-corrected chi connectivity index (χ3v) is 11.2. The molecule has 0 aromatic rings. The van der Waals surface area contributed by atoms with Gasteiger partial charge in [-0.3, -0.25) is 9.35 Å². The Bertz CT molecular complexity index is 770. The third-order valence-electron chi connectivity index (χ3n) is 9.26. The van der Waals surface area contributed by atoms with Crippen LogP contribution >= 0.6 is 10.8 Å². The van der Waals surface area contributed by atoms with Crippen molar-refractivity contribution in [1.82, 2.24) is 0 Å². The van der Waals surface area contributed by atoms with E-state index in [0.717, 1.165) is 51.4 Å². The van der Waals surface area contributed by atoms with Gasteiger partial charge in [-0.25, -0.2) is 0 Å². The largest absolute Gasteiger partial charge is 0.387 e. The second-order valence-corrected chi connectivity index (χ2v) is 14.0. The molecule has 0 aliphatic heterocycles. The van der Waals surface area contributed by atoms with Crippen molar-refractivity contribution in [3.8, 4) is 0 Å². The van der Waals surface area contributed by atoms with E-state index in [-0.39, 0.29) is 22.9 Å². The Kier molecular flexibility index (Phi) is 6.39. The normalized spacial score (nSPS) is 46.0. The average molecular weight is 461 g/mol. The molecule has 4 aliphatic carbocycles. The number of aliphatic hydroxyl groups is 1. The standard InChI is InChI=1S/C22H36O6S2/c1-21-9-7-16-15-8-10-22(24,13-28-2)11-14(15)3-4-17(16)18(21)5-6-19(21)20(23)12-29-30(25,26)27/h14-19,24H,3-13H2,1-2H3,(H,25,26,27)/t14-,15+,16?,17?,18?,19-,21+,22-/m1/s1. The lowest BCUT2D eigenvalue weighted by Crippen LogP contribution is -2.52. The van der Waals surface area contributed by atoms with Crippen LogP contribution in [0.2, 0.25) is 0 Å². The van der Waals surface area contributed by atoms with Crippen molar-refractivity contribution in [2.75, 3.05) is 19.5 Å². The molecule has 172 valence electrons. The number of Topliss-reactive ketones (excluding diaryl/α,β-unsaturated/α-hetero) is 1. The van der Waals surface area contributed by atoms with Crippen molar-refractivity contribution in [2.45, 2.75) is 70.3 Å². The molecule has 0 spiro atoms. The van der Waals surface area contributed by atoms with Crippen molar-refractivity contribution in [3.63, 3.8) is 0 Å². The van der Waals surface area contributed by atoms with Gasteiger partial charge in [-0.05, 0) is 92.8 Å². The van der Waals surface area contributed by atoms with E-state index in [9.17, 15) is 18.3 Å². The summed E-state index contributed by atoms with van der Waals surface area (Å²) in [4.78, 5) is 12.8. The van der Waals surface area contributed by atoms with Gasteiger partial charge in [-0.1, -0.05) is 6.92 Å². The summed E-state index contributed by atoms with van der Waals surface area (Å²) in [6, 6.07) is 0. The lowest BCUT2D eigenvalue weighted by Gasteiger charge is -2.57. The highest BCUT2D eigenvalue weighted by atomic mass is 33.1. The van der Waals surface area contributed by atoms with Gasteiger partial charge in [-0.2, -0.15) is 8.42 Å². The van der Waals surface area contributed by atoms with Gasteiger partial charge in [0.15, 0.2) is 0 Å². The molecule has 8 heteroatoms. The second kappa shape index (κ2) is 8.32. The first-order valence-electron chi connectivity index (χ1n) is 11.4. The van der Waals surface area contributed by atoms with E-state index in [1.54, 1.807) is 7.11 Å². The first kappa shape index (κ1) is 23.0. The van der Waals surface area contributed by atoms with Crippen LogP contribution in [-0.4, -0.2) is 48.9 Å². The zero-order valence-electron chi connectivity index (χ0n) is 18.1. The number of methoxy groups -OCH3 is 1. The fraction of sp³-hybridized carbons (Fsp3) is 0.955. The summed E-state index contributed by atoms with van der Waals surface area (Å²) in [7, 11) is -2.16. The quantitative estimate of drug-likeness (QED) is 0.460. The first-order valence-corrected chi connectivity index (χ1v) is 14.4. The molecule has 0 amide bonds. The van der Waals surface area contributed by atoms with Crippen molar-refractivity contribution in [1.29, 1.82) is 0 Å². The molecule has 4 rings (SSSR count). The minimum atomic E-state index is -4.18. The van der Waals surface area contributed by atoms with Crippen LogP contribution in [0.4, 0.5) is 0 Å². The summed E-state index contributed by atoms with van der Waals surface area (Å²) < 4.78 is 36.4. The van der Waals surface area contributed by atoms with Crippen molar-refractivity contribution in [2.24, 2.45) is 40.9 Å². The van der Waals surface area contributed by atoms with Crippen molar-refractivity contribution in [3.05, 3.63) is 0 Å². The lowest BCUT2D eigenvalue weighted by molar-refractivity contribution is -0.134. The molecule has 0 aromatic carbocycles. The number of fused-ring (bicyclic) bond motifs is 5. The van der Waals surface area contributed by atoms with Gasteiger partial charge < -0.3 is 9.84 Å². The molecule has 0 radical (unpaired) electrons. The molecule has 0 heterocycles. The summed E-state index contributed by atoms with van der Waals surface area (Å²) in [5, 5.41) is 10.9. The summed E-state index contributed by atoms with van der Waals surface area (Å²) >= 11 is 0. The van der Waals surface area contributed by atoms with Crippen LogP contribution in [-0.2, 0) is 18.7 Å². The van der Waals surface area contributed by atoms with Crippen molar-refractivity contribution >= 4 is 25.7 Å². The number of carbonyl (C=O) groups excluding carboxylic acids is 1. The van der Waals surface area contributed by atoms with Gasteiger partial charge in [0.25, 0.3) is 0 Å². The molecule has 4 aliphatic rings. The Morgan fingerprint density at radius 2 is 1.80 bits per heavy atom. The van der Waals surface area contributed by atoms with Crippen LogP contribution in [0.25, 0.3) is 0 Å². The Morgan fingerprint density at radius 3 is 2.50 bits per heavy atom.